The van der Waals surface area contributed by atoms with Crippen LogP contribution in [0.3, 0.4) is 0 Å². The van der Waals surface area contributed by atoms with Crippen LogP contribution in [0.2, 0.25) is 0 Å². The molecular formula is C19H18O2. The first kappa shape index (κ1) is 13.5. The van der Waals surface area contributed by atoms with Crippen LogP contribution in [0.1, 0.15) is 5.56 Å². The molecule has 0 radical (unpaired) electrons. The summed E-state index contributed by atoms with van der Waals surface area (Å²) < 4.78 is 11.0. The van der Waals surface area contributed by atoms with Crippen molar-refractivity contribution in [1.29, 1.82) is 0 Å². The Morgan fingerprint density at radius 3 is 2.48 bits per heavy atom. The minimum Gasteiger partial charge on any atom is -0.497 e. The van der Waals surface area contributed by atoms with Crippen molar-refractivity contribution in [1.82, 2.24) is 0 Å². The Balaban J connectivity index is 1.69. The van der Waals surface area contributed by atoms with Gasteiger partial charge in [-0.3, -0.25) is 0 Å². The van der Waals surface area contributed by atoms with Crippen molar-refractivity contribution >= 4 is 10.8 Å². The van der Waals surface area contributed by atoms with Crippen molar-refractivity contribution < 1.29 is 9.47 Å². The largest absolute Gasteiger partial charge is 0.497 e. The molecule has 21 heavy (non-hydrogen) atoms. The van der Waals surface area contributed by atoms with Crippen molar-refractivity contribution in [2.45, 2.75) is 6.42 Å². The van der Waals surface area contributed by atoms with Gasteiger partial charge in [0.25, 0.3) is 0 Å². The quantitative estimate of drug-likeness (QED) is 0.685. The van der Waals surface area contributed by atoms with Crippen LogP contribution in [0.5, 0.6) is 11.5 Å². The zero-order valence-electron chi connectivity index (χ0n) is 12.1. The lowest BCUT2D eigenvalue weighted by Crippen LogP contribution is -2.02. The highest BCUT2D eigenvalue weighted by atomic mass is 16.5. The van der Waals surface area contributed by atoms with Crippen LogP contribution in [0, 0.1) is 0 Å². The number of benzene rings is 3. The van der Waals surface area contributed by atoms with Gasteiger partial charge in [0.15, 0.2) is 0 Å². The summed E-state index contributed by atoms with van der Waals surface area (Å²) in [4.78, 5) is 0. The molecule has 0 unspecified atom stereocenters. The SMILES string of the molecule is COc1cccc(OCCc2cccc3ccccc23)c1. The molecule has 2 nitrogen and oxygen atoms in total. The lowest BCUT2D eigenvalue weighted by Gasteiger charge is -2.09. The monoisotopic (exact) mass is 278 g/mol. The minimum absolute atomic E-state index is 0.654. The summed E-state index contributed by atoms with van der Waals surface area (Å²) >= 11 is 0. The summed E-state index contributed by atoms with van der Waals surface area (Å²) in [7, 11) is 1.66. The molecule has 0 aliphatic rings. The third kappa shape index (κ3) is 3.16. The van der Waals surface area contributed by atoms with E-state index in [1.807, 2.05) is 24.3 Å². The van der Waals surface area contributed by atoms with E-state index in [0.717, 1.165) is 17.9 Å². The van der Waals surface area contributed by atoms with Gasteiger partial charge in [-0.1, -0.05) is 48.5 Å². The number of fused-ring (bicyclic) bond motifs is 1. The highest BCUT2D eigenvalue weighted by Crippen LogP contribution is 2.21. The van der Waals surface area contributed by atoms with E-state index in [1.165, 1.54) is 16.3 Å². The molecule has 0 N–H and O–H groups in total. The van der Waals surface area contributed by atoms with Crippen molar-refractivity contribution in [2.24, 2.45) is 0 Å². The predicted octanol–water partition coefficient (Wildman–Crippen LogP) is 4.47. The van der Waals surface area contributed by atoms with Crippen molar-refractivity contribution in [3.05, 3.63) is 72.3 Å². The fraction of sp³-hybridized carbons (Fsp3) is 0.158. The molecule has 2 heteroatoms. The van der Waals surface area contributed by atoms with Gasteiger partial charge in [0.2, 0.25) is 0 Å². The molecule has 106 valence electrons. The predicted molar refractivity (Wildman–Crippen MR) is 86.1 cm³/mol. The van der Waals surface area contributed by atoms with E-state index in [4.69, 9.17) is 9.47 Å². The molecule has 0 saturated heterocycles. The summed E-state index contributed by atoms with van der Waals surface area (Å²) in [6.07, 6.45) is 0.887. The number of ether oxygens (including phenoxy) is 2. The van der Waals surface area contributed by atoms with E-state index in [1.54, 1.807) is 7.11 Å². The Morgan fingerprint density at radius 1 is 0.810 bits per heavy atom. The van der Waals surface area contributed by atoms with E-state index in [0.29, 0.717) is 6.61 Å². The maximum absolute atomic E-state index is 5.82. The second-order valence-electron chi connectivity index (χ2n) is 4.92. The third-order valence-electron chi connectivity index (χ3n) is 3.56. The molecule has 0 saturated carbocycles. The maximum atomic E-state index is 5.82. The van der Waals surface area contributed by atoms with Crippen LogP contribution < -0.4 is 9.47 Å². The smallest absolute Gasteiger partial charge is 0.122 e. The van der Waals surface area contributed by atoms with Crippen LogP contribution in [-0.2, 0) is 6.42 Å². The van der Waals surface area contributed by atoms with Gasteiger partial charge in [-0.25, -0.2) is 0 Å². The van der Waals surface area contributed by atoms with Gasteiger partial charge in [0, 0.05) is 12.5 Å². The Kier molecular flexibility index (Phi) is 4.06. The summed E-state index contributed by atoms with van der Waals surface area (Å²) in [6.45, 7) is 0.654. The summed E-state index contributed by atoms with van der Waals surface area (Å²) in [5.41, 5.74) is 1.32. The van der Waals surface area contributed by atoms with Gasteiger partial charge in [0.1, 0.15) is 11.5 Å². The van der Waals surface area contributed by atoms with E-state index >= 15 is 0 Å². The van der Waals surface area contributed by atoms with Gasteiger partial charge >= 0.3 is 0 Å². The molecule has 0 spiro atoms. The van der Waals surface area contributed by atoms with Crippen LogP contribution in [0.15, 0.2) is 66.7 Å². The second-order valence-corrected chi connectivity index (χ2v) is 4.92. The van der Waals surface area contributed by atoms with Crippen LogP contribution in [-0.4, -0.2) is 13.7 Å². The minimum atomic E-state index is 0.654. The van der Waals surface area contributed by atoms with Crippen molar-refractivity contribution in [3.8, 4) is 11.5 Å². The second kappa shape index (κ2) is 6.31. The lowest BCUT2D eigenvalue weighted by atomic mass is 10.0. The molecule has 0 bridgehead atoms. The molecule has 3 aromatic rings. The van der Waals surface area contributed by atoms with Crippen molar-refractivity contribution in [3.63, 3.8) is 0 Å². The van der Waals surface area contributed by atoms with E-state index in [2.05, 4.69) is 42.5 Å². The molecule has 0 aromatic heterocycles. The number of rotatable bonds is 5. The Morgan fingerprint density at radius 2 is 1.57 bits per heavy atom. The molecule has 0 aliphatic heterocycles. The van der Waals surface area contributed by atoms with Crippen LogP contribution in [0.4, 0.5) is 0 Å². The van der Waals surface area contributed by atoms with Crippen molar-refractivity contribution in [2.75, 3.05) is 13.7 Å². The summed E-state index contributed by atoms with van der Waals surface area (Å²) in [6, 6.07) is 22.6. The number of hydrogen-bond acceptors (Lipinski definition) is 2. The maximum Gasteiger partial charge on any atom is 0.122 e. The van der Waals surface area contributed by atoms with E-state index in [-0.39, 0.29) is 0 Å². The fourth-order valence-electron chi connectivity index (χ4n) is 2.48. The van der Waals surface area contributed by atoms with Crippen LogP contribution >= 0.6 is 0 Å². The first-order valence-corrected chi connectivity index (χ1v) is 7.10. The van der Waals surface area contributed by atoms with E-state index in [9.17, 15) is 0 Å². The first-order valence-electron chi connectivity index (χ1n) is 7.10. The lowest BCUT2D eigenvalue weighted by molar-refractivity contribution is 0.319. The molecular weight excluding hydrogens is 260 g/mol. The summed E-state index contributed by atoms with van der Waals surface area (Å²) in [5.74, 6) is 1.66. The van der Waals surface area contributed by atoms with Gasteiger partial charge in [0.05, 0.1) is 13.7 Å². The molecule has 0 amide bonds. The zero-order chi connectivity index (χ0) is 14.5. The first-order chi connectivity index (χ1) is 10.4. The summed E-state index contributed by atoms with van der Waals surface area (Å²) in [5, 5.41) is 2.57. The van der Waals surface area contributed by atoms with Gasteiger partial charge in [-0.15, -0.1) is 0 Å². The highest BCUT2D eigenvalue weighted by Gasteiger charge is 2.01. The van der Waals surface area contributed by atoms with Gasteiger partial charge in [-0.2, -0.15) is 0 Å². The highest BCUT2D eigenvalue weighted by molar-refractivity contribution is 5.85. The normalized spacial score (nSPS) is 10.5. The fourth-order valence-corrected chi connectivity index (χ4v) is 2.48. The number of methoxy groups -OCH3 is 1. The van der Waals surface area contributed by atoms with Gasteiger partial charge in [-0.05, 0) is 28.5 Å². The Bertz CT molecular complexity index is 729. The molecule has 0 fully saturated rings. The van der Waals surface area contributed by atoms with E-state index < -0.39 is 0 Å². The molecule has 3 aromatic carbocycles. The van der Waals surface area contributed by atoms with Crippen LogP contribution in [0.25, 0.3) is 10.8 Å². The topological polar surface area (TPSA) is 18.5 Å². The average Bonchev–Trinajstić information content (AvgIpc) is 2.55. The average molecular weight is 278 g/mol. The third-order valence-corrected chi connectivity index (χ3v) is 3.56. The molecule has 0 atom stereocenters. The molecule has 0 aliphatic carbocycles. The molecule has 0 heterocycles. The van der Waals surface area contributed by atoms with Gasteiger partial charge < -0.3 is 9.47 Å². The standard InChI is InChI=1S/C19H18O2/c1-20-17-9-5-10-18(14-17)21-13-12-16-8-4-7-15-6-2-3-11-19(15)16/h2-11,14H,12-13H2,1H3. The zero-order valence-corrected chi connectivity index (χ0v) is 12.1. The Hall–Kier alpha value is -2.48. The number of hydrogen-bond donors (Lipinski definition) is 0. The molecule has 3 rings (SSSR count). The Labute approximate surface area is 124 Å².